The molecule has 0 unspecified atom stereocenters. The monoisotopic (exact) mass is 492 g/mol. The van der Waals surface area contributed by atoms with Gasteiger partial charge < -0.3 is 14.8 Å². The molecule has 1 amide bonds. The van der Waals surface area contributed by atoms with Crippen LogP contribution in [-0.4, -0.2) is 44.5 Å². The van der Waals surface area contributed by atoms with Gasteiger partial charge in [0.2, 0.25) is 5.91 Å². The lowest BCUT2D eigenvalue weighted by molar-refractivity contribution is -0.113. The number of thioether (sulfide) groups is 1. The smallest absolute Gasteiger partial charge is 0.234 e. The van der Waals surface area contributed by atoms with E-state index in [-0.39, 0.29) is 11.7 Å². The molecule has 0 fully saturated rings. The average Bonchev–Trinajstić information content (AvgIpc) is 3.44. The summed E-state index contributed by atoms with van der Waals surface area (Å²) in [5, 5.41) is 15.4. The van der Waals surface area contributed by atoms with Crippen LogP contribution in [0.3, 0.4) is 0 Å². The van der Waals surface area contributed by atoms with E-state index >= 15 is 0 Å². The molecule has 176 valence electrons. The fourth-order valence-corrected chi connectivity index (χ4v) is 5.01. The van der Waals surface area contributed by atoms with Gasteiger partial charge in [-0.05, 0) is 57.2 Å². The molecule has 4 rings (SSSR count). The van der Waals surface area contributed by atoms with Crippen molar-refractivity contribution in [2.24, 2.45) is 7.05 Å². The zero-order chi connectivity index (χ0) is 24.1. The van der Waals surface area contributed by atoms with Crippen molar-refractivity contribution >= 4 is 40.4 Å². The molecule has 2 aromatic carbocycles. The van der Waals surface area contributed by atoms with Gasteiger partial charge in [0.25, 0.3) is 0 Å². The number of benzene rings is 2. The average molecular weight is 493 g/mol. The molecule has 0 bridgehead atoms. The Morgan fingerprint density at radius 3 is 2.53 bits per heavy atom. The standard InChI is InChI=1S/C25H28N6OS2/c1-5-31(6-2)21-12-10-18(11-13-21)24-28-29-25(30(24)4)34-16-23(32)27-20-9-7-8-19(14-20)22-15-33-17(3)26-22/h7-15H,5-6,16H2,1-4H3,(H,27,32). The van der Waals surface area contributed by atoms with Crippen molar-refractivity contribution < 1.29 is 4.79 Å². The van der Waals surface area contributed by atoms with Crippen molar-refractivity contribution in [3.05, 3.63) is 58.9 Å². The van der Waals surface area contributed by atoms with Crippen LogP contribution in [0.1, 0.15) is 18.9 Å². The third-order valence-electron chi connectivity index (χ3n) is 5.48. The molecule has 7 nitrogen and oxygen atoms in total. The Hall–Kier alpha value is -3.17. The molecular formula is C25H28N6OS2. The predicted molar refractivity (Wildman–Crippen MR) is 142 cm³/mol. The van der Waals surface area contributed by atoms with Gasteiger partial charge >= 0.3 is 0 Å². The van der Waals surface area contributed by atoms with Gasteiger partial charge in [0.1, 0.15) is 0 Å². The van der Waals surface area contributed by atoms with Crippen molar-refractivity contribution in [1.29, 1.82) is 0 Å². The van der Waals surface area contributed by atoms with Crippen LogP contribution in [0.5, 0.6) is 0 Å². The summed E-state index contributed by atoms with van der Waals surface area (Å²) >= 11 is 2.98. The van der Waals surface area contributed by atoms with Crippen LogP contribution in [0, 0.1) is 6.92 Å². The van der Waals surface area contributed by atoms with Gasteiger partial charge in [-0.15, -0.1) is 21.5 Å². The Labute approximate surface area is 208 Å². The van der Waals surface area contributed by atoms with E-state index in [0.29, 0.717) is 5.16 Å². The third kappa shape index (κ3) is 5.48. The summed E-state index contributed by atoms with van der Waals surface area (Å²) in [6, 6.07) is 16.1. The fraction of sp³-hybridized carbons (Fsp3) is 0.280. The van der Waals surface area contributed by atoms with E-state index in [2.05, 4.69) is 63.5 Å². The largest absolute Gasteiger partial charge is 0.372 e. The minimum absolute atomic E-state index is 0.0928. The number of anilines is 2. The molecule has 0 spiro atoms. The lowest BCUT2D eigenvalue weighted by Crippen LogP contribution is -2.21. The number of hydrogen-bond donors (Lipinski definition) is 1. The first kappa shape index (κ1) is 24.0. The van der Waals surface area contributed by atoms with Crippen LogP contribution in [0.4, 0.5) is 11.4 Å². The zero-order valence-electron chi connectivity index (χ0n) is 19.8. The van der Waals surface area contributed by atoms with Crippen molar-refractivity contribution in [2.75, 3.05) is 29.1 Å². The molecular weight excluding hydrogens is 464 g/mol. The van der Waals surface area contributed by atoms with Crippen molar-refractivity contribution in [3.8, 4) is 22.6 Å². The van der Waals surface area contributed by atoms with Gasteiger partial charge in [0.15, 0.2) is 11.0 Å². The van der Waals surface area contributed by atoms with Crippen LogP contribution in [0.2, 0.25) is 0 Å². The number of carbonyl (C=O) groups is 1. The van der Waals surface area contributed by atoms with Gasteiger partial charge in [-0.25, -0.2) is 4.98 Å². The van der Waals surface area contributed by atoms with Crippen molar-refractivity contribution in [1.82, 2.24) is 19.7 Å². The molecule has 34 heavy (non-hydrogen) atoms. The molecule has 0 aliphatic rings. The maximum atomic E-state index is 12.6. The van der Waals surface area contributed by atoms with Gasteiger partial charge in [-0.1, -0.05) is 23.9 Å². The number of carbonyl (C=O) groups excluding carboxylic acids is 1. The SMILES string of the molecule is CCN(CC)c1ccc(-c2nnc(SCC(=O)Nc3cccc(-c4csc(C)n4)c3)n2C)cc1. The Morgan fingerprint density at radius 1 is 1.09 bits per heavy atom. The molecule has 0 radical (unpaired) electrons. The minimum Gasteiger partial charge on any atom is -0.372 e. The number of rotatable bonds is 9. The third-order valence-corrected chi connectivity index (χ3v) is 7.28. The highest BCUT2D eigenvalue weighted by Crippen LogP contribution is 2.26. The topological polar surface area (TPSA) is 75.9 Å². The van der Waals surface area contributed by atoms with E-state index in [0.717, 1.165) is 46.4 Å². The van der Waals surface area contributed by atoms with E-state index in [1.807, 2.05) is 48.2 Å². The number of aromatic nitrogens is 4. The highest BCUT2D eigenvalue weighted by Gasteiger charge is 2.14. The summed E-state index contributed by atoms with van der Waals surface area (Å²) in [7, 11) is 1.92. The summed E-state index contributed by atoms with van der Waals surface area (Å²) in [5.41, 5.74) is 4.85. The first-order valence-corrected chi connectivity index (χ1v) is 13.0. The highest BCUT2D eigenvalue weighted by atomic mass is 32.2. The summed E-state index contributed by atoms with van der Waals surface area (Å²) in [6.07, 6.45) is 0. The zero-order valence-corrected chi connectivity index (χ0v) is 21.4. The number of amides is 1. The van der Waals surface area contributed by atoms with Gasteiger partial charge in [-0.2, -0.15) is 0 Å². The maximum Gasteiger partial charge on any atom is 0.234 e. The first-order valence-electron chi connectivity index (χ1n) is 11.2. The van der Waals surface area contributed by atoms with Crippen LogP contribution in [0.25, 0.3) is 22.6 Å². The Kier molecular flexibility index (Phi) is 7.64. The molecule has 2 aromatic heterocycles. The molecule has 0 atom stereocenters. The predicted octanol–water partition coefficient (Wildman–Crippen LogP) is 5.49. The maximum absolute atomic E-state index is 12.6. The second kappa shape index (κ2) is 10.8. The summed E-state index contributed by atoms with van der Waals surface area (Å²) < 4.78 is 1.93. The Morgan fingerprint density at radius 2 is 1.85 bits per heavy atom. The lowest BCUT2D eigenvalue weighted by Gasteiger charge is -2.21. The molecule has 1 N–H and O–H groups in total. The van der Waals surface area contributed by atoms with Crippen LogP contribution in [0.15, 0.2) is 59.1 Å². The highest BCUT2D eigenvalue weighted by molar-refractivity contribution is 7.99. The summed E-state index contributed by atoms with van der Waals surface area (Å²) in [4.78, 5) is 19.4. The molecule has 0 aliphatic carbocycles. The fourth-order valence-electron chi connectivity index (χ4n) is 3.68. The minimum atomic E-state index is -0.0928. The first-order chi connectivity index (χ1) is 16.5. The summed E-state index contributed by atoms with van der Waals surface area (Å²) in [6.45, 7) is 8.22. The second-order valence-corrected chi connectivity index (χ2v) is 9.76. The molecule has 0 aliphatic heterocycles. The molecule has 0 saturated carbocycles. The van der Waals surface area contributed by atoms with E-state index in [4.69, 9.17) is 0 Å². The summed E-state index contributed by atoms with van der Waals surface area (Å²) in [5.74, 6) is 0.928. The molecule has 2 heterocycles. The molecule has 0 saturated heterocycles. The molecule has 9 heteroatoms. The number of nitrogens with zero attached hydrogens (tertiary/aromatic N) is 5. The van der Waals surface area contributed by atoms with Gasteiger partial charge in [-0.3, -0.25) is 4.79 Å². The normalized spacial score (nSPS) is 10.9. The van der Waals surface area contributed by atoms with Crippen molar-refractivity contribution in [3.63, 3.8) is 0 Å². The number of hydrogen-bond acceptors (Lipinski definition) is 7. The quantitative estimate of drug-likeness (QED) is 0.311. The Bertz CT molecular complexity index is 1260. The number of nitrogens with one attached hydrogen (secondary N) is 1. The molecule has 4 aromatic rings. The van der Waals surface area contributed by atoms with E-state index in [1.54, 1.807) is 11.3 Å². The lowest BCUT2D eigenvalue weighted by atomic mass is 10.1. The van der Waals surface area contributed by atoms with E-state index in [9.17, 15) is 4.79 Å². The number of aryl methyl sites for hydroxylation is 1. The van der Waals surface area contributed by atoms with Crippen LogP contribution < -0.4 is 10.2 Å². The van der Waals surface area contributed by atoms with Crippen LogP contribution >= 0.6 is 23.1 Å². The Balaban J connectivity index is 1.38. The van der Waals surface area contributed by atoms with Crippen molar-refractivity contribution in [2.45, 2.75) is 25.9 Å². The van der Waals surface area contributed by atoms with Crippen LogP contribution in [-0.2, 0) is 11.8 Å². The second-order valence-electron chi connectivity index (χ2n) is 7.75. The van der Waals surface area contributed by atoms with E-state index in [1.165, 1.54) is 17.4 Å². The van der Waals surface area contributed by atoms with Gasteiger partial charge in [0, 0.05) is 48.0 Å². The van der Waals surface area contributed by atoms with Gasteiger partial charge in [0.05, 0.1) is 16.5 Å². The number of thiazole rings is 1. The van der Waals surface area contributed by atoms with E-state index < -0.39 is 0 Å².